The van der Waals surface area contributed by atoms with Crippen LogP contribution in [0.25, 0.3) is 0 Å². The molecule has 1 atom stereocenters. The van der Waals surface area contributed by atoms with Crippen molar-refractivity contribution in [2.45, 2.75) is 19.4 Å². The van der Waals surface area contributed by atoms with E-state index in [1.807, 2.05) is 24.3 Å². The molecule has 1 aromatic rings. The lowest BCUT2D eigenvalue weighted by molar-refractivity contribution is -0.0477. The van der Waals surface area contributed by atoms with E-state index in [1.165, 1.54) is 6.42 Å². The third kappa shape index (κ3) is 4.26. The fraction of sp³-hybridized carbons (Fsp3) is 0.571. The molecule has 1 saturated heterocycles. The van der Waals surface area contributed by atoms with Gasteiger partial charge >= 0.3 is 0 Å². The molecule has 1 aromatic carbocycles. The Balaban J connectivity index is 1.77. The quantitative estimate of drug-likeness (QED) is 0.834. The molecule has 2 rings (SSSR count). The molecular formula is C14H20BrNO2. The summed E-state index contributed by atoms with van der Waals surface area (Å²) in [7, 11) is 0. The topological polar surface area (TPSA) is 21.7 Å². The molecule has 0 saturated carbocycles. The maximum Gasteiger partial charge on any atom is 0.119 e. The molecule has 1 aliphatic heterocycles. The molecule has 3 nitrogen and oxygen atoms in total. The van der Waals surface area contributed by atoms with Gasteiger partial charge in [-0.2, -0.15) is 0 Å². The summed E-state index contributed by atoms with van der Waals surface area (Å²) in [6.07, 6.45) is 1.38. The second kappa shape index (κ2) is 7.12. The number of benzene rings is 1. The van der Waals surface area contributed by atoms with Gasteiger partial charge < -0.3 is 9.47 Å². The summed E-state index contributed by atoms with van der Waals surface area (Å²) in [5.41, 5.74) is 0. The zero-order valence-electron chi connectivity index (χ0n) is 10.8. The summed E-state index contributed by atoms with van der Waals surface area (Å²) < 4.78 is 12.5. The molecular weight excluding hydrogens is 294 g/mol. The van der Waals surface area contributed by atoms with Gasteiger partial charge in [0, 0.05) is 17.6 Å². The van der Waals surface area contributed by atoms with Crippen molar-refractivity contribution in [1.82, 2.24) is 4.90 Å². The highest BCUT2D eigenvalue weighted by atomic mass is 79.9. The monoisotopic (exact) mass is 313 g/mol. The molecule has 0 aromatic heterocycles. The van der Waals surface area contributed by atoms with Gasteiger partial charge in [0.1, 0.15) is 18.5 Å². The second-order valence-electron chi connectivity index (χ2n) is 4.56. The summed E-state index contributed by atoms with van der Waals surface area (Å²) in [4.78, 5) is 2.44. The van der Waals surface area contributed by atoms with Gasteiger partial charge in [-0.05, 0) is 37.2 Å². The summed E-state index contributed by atoms with van der Waals surface area (Å²) >= 11 is 3.41. The minimum atomic E-state index is 0.189. The Kier molecular flexibility index (Phi) is 5.47. The van der Waals surface area contributed by atoms with Gasteiger partial charge in [0.2, 0.25) is 0 Å². The number of morpholine rings is 1. The van der Waals surface area contributed by atoms with Gasteiger partial charge in [0.15, 0.2) is 0 Å². The highest BCUT2D eigenvalue weighted by Crippen LogP contribution is 2.17. The average molecular weight is 314 g/mol. The van der Waals surface area contributed by atoms with E-state index >= 15 is 0 Å². The normalized spacial score (nSPS) is 20.9. The maximum absolute atomic E-state index is 5.75. The van der Waals surface area contributed by atoms with E-state index < -0.39 is 0 Å². The summed E-state index contributed by atoms with van der Waals surface area (Å²) in [6.45, 7) is 6.82. The first-order chi connectivity index (χ1) is 8.78. The first kappa shape index (κ1) is 13.8. The molecule has 1 aliphatic rings. The van der Waals surface area contributed by atoms with E-state index in [1.54, 1.807) is 0 Å². The first-order valence-electron chi connectivity index (χ1n) is 6.50. The van der Waals surface area contributed by atoms with Crippen molar-refractivity contribution in [2.24, 2.45) is 0 Å². The molecule has 4 heteroatoms. The molecule has 0 amide bonds. The predicted molar refractivity (Wildman–Crippen MR) is 76.1 cm³/mol. The fourth-order valence-electron chi connectivity index (χ4n) is 2.12. The Labute approximate surface area is 117 Å². The summed E-state index contributed by atoms with van der Waals surface area (Å²) in [5.74, 6) is 0.898. The molecule has 0 unspecified atom stereocenters. The molecule has 0 radical (unpaired) electrons. The van der Waals surface area contributed by atoms with Gasteiger partial charge in [-0.25, -0.2) is 0 Å². The van der Waals surface area contributed by atoms with E-state index in [4.69, 9.17) is 9.47 Å². The zero-order valence-corrected chi connectivity index (χ0v) is 12.4. The van der Waals surface area contributed by atoms with Crippen LogP contribution in [0.4, 0.5) is 0 Å². The van der Waals surface area contributed by atoms with Crippen LogP contribution >= 0.6 is 15.9 Å². The van der Waals surface area contributed by atoms with Crippen LogP contribution in [0.15, 0.2) is 28.7 Å². The highest BCUT2D eigenvalue weighted by molar-refractivity contribution is 9.10. The predicted octanol–water partition coefficient (Wildman–Crippen LogP) is 2.94. The van der Waals surface area contributed by atoms with Crippen LogP contribution in [-0.2, 0) is 4.74 Å². The molecule has 0 N–H and O–H groups in total. The number of halogens is 1. The fourth-order valence-corrected chi connectivity index (χ4v) is 2.38. The lowest BCUT2D eigenvalue weighted by atomic mass is 10.2. The number of hydrogen-bond acceptors (Lipinski definition) is 3. The third-order valence-corrected chi connectivity index (χ3v) is 3.54. The Hall–Kier alpha value is -0.580. The number of nitrogens with zero attached hydrogens (tertiary/aromatic N) is 1. The highest BCUT2D eigenvalue weighted by Gasteiger charge is 2.20. The maximum atomic E-state index is 5.75. The number of ether oxygens (including phenoxy) is 2. The largest absolute Gasteiger partial charge is 0.491 e. The van der Waals surface area contributed by atoms with Crippen LogP contribution in [-0.4, -0.2) is 43.9 Å². The van der Waals surface area contributed by atoms with Gasteiger partial charge in [-0.3, -0.25) is 4.90 Å². The Morgan fingerprint density at radius 3 is 2.89 bits per heavy atom. The molecule has 18 heavy (non-hydrogen) atoms. The molecule has 100 valence electrons. The van der Waals surface area contributed by atoms with Gasteiger partial charge in [0.05, 0.1) is 6.61 Å². The van der Waals surface area contributed by atoms with E-state index in [-0.39, 0.29) is 6.10 Å². The van der Waals surface area contributed by atoms with Crippen LogP contribution in [0.1, 0.15) is 13.3 Å². The molecule has 0 spiro atoms. The van der Waals surface area contributed by atoms with Crippen molar-refractivity contribution < 1.29 is 9.47 Å². The molecule has 1 fully saturated rings. The Morgan fingerprint density at radius 2 is 2.17 bits per heavy atom. The SMILES string of the molecule is CCCN1CCO[C@H](COc2ccc(Br)cc2)C1. The lowest BCUT2D eigenvalue weighted by Crippen LogP contribution is -2.45. The van der Waals surface area contributed by atoms with Crippen molar-refractivity contribution in [1.29, 1.82) is 0 Å². The Bertz CT molecular complexity index is 353. The smallest absolute Gasteiger partial charge is 0.119 e. The number of rotatable bonds is 5. The Morgan fingerprint density at radius 1 is 1.39 bits per heavy atom. The van der Waals surface area contributed by atoms with Gasteiger partial charge in [0.25, 0.3) is 0 Å². The average Bonchev–Trinajstić information content (AvgIpc) is 2.39. The van der Waals surface area contributed by atoms with E-state index in [2.05, 4.69) is 27.8 Å². The zero-order chi connectivity index (χ0) is 12.8. The van der Waals surface area contributed by atoms with E-state index in [0.29, 0.717) is 6.61 Å². The lowest BCUT2D eigenvalue weighted by Gasteiger charge is -2.32. The van der Waals surface area contributed by atoms with E-state index in [0.717, 1.165) is 36.5 Å². The van der Waals surface area contributed by atoms with Crippen LogP contribution < -0.4 is 4.74 Å². The second-order valence-corrected chi connectivity index (χ2v) is 5.47. The minimum absolute atomic E-state index is 0.189. The molecule has 0 aliphatic carbocycles. The van der Waals surface area contributed by atoms with Crippen LogP contribution in [0.3, 0.4) is 0 Å². The van der Waals surface area contributed by atoms with Crippen LogP contribution in [0, 0.1) is 0 Å². The standard InChI is InChI=1S/C14H20BrNO2/c1-2-7-16-8-9-17-14(10-16)11-18-13-5-3-12(15)4-6-13/h3-6,14H,2,7-11H2,1H3/t14-/m0/s1. The van der Waals surface area contributed by atoms with Crippen molar-refractivity contribution >= 4 is 15.9 Å². The van der Waals surface area contributed by atoms with Crippen LogP contribution in [0.2, 0.25) is 0 Å². The van der Waals surface area contributed by atoms with Gasteiger partial charge in [-0.15, -0.1) is 0 Å². The summed E-state index contributed by atoms with van der Waals surface area (Å²) in [5, 5.41) is 0. The van der Waals surface area contributed by atoms with Gasteiger partial charge in [-0.1, -0.05) is 22.9 Å². The van der Waals surface area contributed by atoms with E-state index in [9.17, 15) is 0 Å². The van der Waals surface area contributed by atoms with Crippen molar-refractivity contribution in [2.75, 3.05) is 32.8 Å². The summed E-state index contributed by atoms with van der Waals surface area (Å²) in [6, 6.07) is 7.91. The first-order valence-corrected chi connectivity index (χ1v) is 7.29. The van der Waals surface area contributed by atoms with Crippen LogP contribution in [0.5, 0.6) is 5.75 Å². The van der Waals surface area contributed by atoms with Crippen molar-refractivity contribution in [3.05, 3.63) is 28.7 Å². The van der Waals surface area contributed by atoms with Crippen molar-refractivity contribution in [3.8, 4) is 5.75 Å². The minimum Gasteiger partial charge on any atom is -0.491 e. The molecule has 1 heterocycles. The van der Waals surface area contributed by atoms with Crippen molar-refractivity contribution in [3.63, 3.8) is 0 Å². The third-order valence-electron chi connectivity index (χ3n) is 3.01. The number of hydrogen-bond donors (Lipinski definition) is 0. The molecule has 0 bridgehead atoms.